The summed E-state index contributed by atoms with van der Waals surface area (Å²) in [5, 5.41) is 4.54. The summed E-state index contributed by atoms with van der Waals surface area (Å²) in [6.07, 6.45) is 0.0347. The van der Waals surface area contributed by atoms with E-state index in [1.807, 2.05) is 0 Å². The average Bonchev–Trinajstić information content (AvgIpc) is 3.36. The molecule has 0 saturated carbocycles. The Morgan fingerprint density at radius 3 is 2.20 bits per heavy atom. The second kappa shape index (κ2) is 12.2. The molecule has 44 heavy (non-hydrogen) atoms. The first-order valence-corrected chi connectivity index (χ1v) is 13.4. The van der Waals surface area contributed by atoms with Crippen molar-refractivity contribution in [2.45, 2.75) is 19.5 Å². The van der Waals surface area contributed by atoms with E-state index in [0.29, 0.717) is 21.5 Å². The van der Waals surface area contributed by atoms with Crippen LogP contribution < -0.4 is 16.0 Å². The van der Waals surface area contributed by atoms with Gasteiger partial charge in [0.2, 0.25) is 0 Å². The number of ether oxygens (including phenoxy) is 2. The molecule has 0 N–H and O–H groups in total. The van der Waals surface area contributed by atoms with Gasteiger partial charge in [-0.2, -0.15) is 0 Å². The number of esters is 1. The maximum atomic E-state index is 15.5. The molecule has 10 nitrogen and oxygen atoms in total. The predicted molar refractivity (Wildman–Crippen MR) is 156 cm³/mol. The van der Waals surface area contributed by atoms with Gasteiger partial charge < -0.3 is 14.4 Å². The van der Waals surface area contributed by atoms with Crippen LogP contribution in [0.4, 0.5) is 13.2 Å². The normalized spacial score (nSPS) is 11.4. The largest absolute Gasteiger partial charge is 0.494 e. The van der Waals surface area contributed by atoms with E-state index in [2.05, 4.69) is 5.10 Å². The fourth-order valence-electron chi connectivity index (χ4n) is 4.94. The summed E-state index contributed by atoms with van der Waals surface area (Å²) in [5.74, 6) is -3.43. The van der Waals surface area contributed by atoms with Crippen molar-refractivity contribution in [1.29, 1.82) is 0 Å². The lowest BCUT2D eigenvalue weighted by atomic mass is 10.1. The molecule has 228 valence electrons. The first kappa shape index (κ1) is 30.3. The highest BCUT2D eigenvalue weighted by Gasteiger charge is 2.27. The number of rotatable bonds is 9. The van der Waals surface area contributed by atoms with Crippen LogP contribution in [0.1, 0.15) is 16.8 Å². The van der Waals surface area contributed by atoms with Crippen LogP contribution in [0.2, 0.25) is 0 Å². The summed E-state index contributed by atoms with van der Waals surface area (Å²) in [4.78, 5) is 41.7. The van der Waals surface area contributed by atoms with E-state index in [9.17, 15) is 23.2 Å². The highest BCUT2D eigenvalue weighted by Crippen LogP contribution is 2.25. The Bertz CT molecular complexity index is 1980. The van der Waals surface area contributed by atoms with Gasteiger partial charge in [0.15, 0.2) is 17.2 Å². The van der Waals surface area contributed by atoms with Gasteiger partial charge in [-0.05, 0) is 56.1 Å². The summed E-state index contributed by atoms with van der Waals surface area (Å²) < 4.78 is 58.0. The van der Waals surface area contributed by atoms with E-state index in [0.717, 1.165) is 16.7 Å². The highest BCUT2D eigenvalue weighted by atomic mass is 19.1. The third-order valence-corrected chi connectivity index (χ3v) is 7.06. The summed E-state index contributed by atoms with van der Waals surface area (Å²) in [6.45, 7) is -0.501. The van der Waals surface area contributed by atoms with Crippen molar-refractivity contribution in [3.63, 3.8) is 0 Å². The SMILES string of the molecule is COC(=O)Cc1ccc(-n2nc3c(c2CN(C)C)c(=O)n(-c2cccc(OC)c2F)c(=O)n3Cc2c(F)cccc2F)cc1. The molecule has 0 amide bonds. The van der Waals surface area contributed by atoms with Crippen molar-refractivity contribution in [2.24, 2.45) is 0 Å². The van der Waals surface area contributed by atoms with Crippen LogP contribution in [0.3, 0.4) is 0 Å². The fourth-order valence-corrected chi connectivity index (χ4v) is 4.94. The molecular weight excluding hydrogens is 579 g/mol. The first-order chi connectivity index (χ1) is 21.0. The molecule has 0 aliphatic carbocycles. The van der Waals surface area contributed by atoms with Crippen LogP contribution in [0.25, 0.3) is 22.4 Å². The standard InChI is InChI=1S/C31H28F3N5O5/c1-36(2)17-24-27-29(35-39(24)19-13-11-18(12-14-19)15-26(40)44-4)37(16-20-21(32)7-5-8-22(20)33)31(42)38(30(27)41)23-9-6-10-25(43-3)28(23)34/h5-14H,15-17H2,1-4H3. The number of fused-ring (bicyclic) bond motifs is 1. The molecular formula is C31H28F3N5O5. The minimum absolute atomic E-state index is 0.0347. The zero-order chi connectivity index (χ0) is 31.7. The van der Waals surface area contributed by atoms with Crippen molar-refractivity contribution >= 4 is 17.0 Å². The summed E-state index contributed by atoms with van der Waals surface area (Å²) in [6, 6.07) is 14.0. The second-order valence-electron chi connectivity index (χ2n) is 10.2. The van der Waals surface area contributed by atoms with Crippen molar-refractivity contribution < 1.29 is 27.4 Å². The number of nitrogens with zero attached hydrogens (tertiary/aromatic N) is 5. The smallest absolute Gasteiger partial charge is 0.337 e. The minimum Gasteiger partial charge on any atom is -0.494 e. The van der Waals surface area contributed by atoms with E-state index in [1.54, 1.807) is 43.3 Å². The Balaban J connectivity index is 1.86. The summed E-state index contributed by atoms with van der Waals surface area (Å²) in [7, 11) is 6.04. The first-order valence-electron chi connectivity index (χ1n) is 13.4. The van der Waals surface area contributed by atoms with Crippen LogP contribution in [-0.4, -0.2) is 58.1 Å². The van der Waals surface area contributed by atoms with Gasteiger partial charge in [-0.3, -0.25) is 14.2 Å². The maximum absolute atomic E-state index is 15.5. The molecule has 0 fully saturated rings. The minimum atomic E-state index is -1.06. The Labute approximate surface area is 249 Å². The maximum Gasteiger partial charge on any atom is 0.337 e. The molecule has 5 rings (SSSR count). The zero-order valence-electron chi connectivity index (χ0n) is 24.3. The van der Waals surface area contributed by atoms with Crippen LogP contribution >= 0.6 is 0 Å². The zero-order valence-corrected chi connectivity index (χ0v) is 24.3. The molecule has 3 aromatic carbocycles. The Kier molecular flexibility index (Phi) is 8.41. The summed E-state index contributed by atoms with van der Waals surface area (Å²) >= 11 is 0. The van der Waals surface area contributed by atoms with Gasteiger partial charge in [-0.1, -0.05) is 24.3 Å². The molecule has 0 aliphatic rings. The molecule has 0 aliphatic heterocycles. The van der Waals surface area contributed by atoms with Crippen molar-refractivity contribution in [1.82, 2.24) is 23.8 Å². The van der Waals surface area contributed by atoms with Crippen LogP contribution in [0.5, 0.6) is 5.75 Å². The van der Waals surface area contributed by atoms with E-state index < -0.39 is 52.5 Å². The van der Waals surface area contributed by atoms with Crippen molar-refractivity contribution in [2.75, 3.05) is 28.3 Å². The molecule has 0 unspecified atom stereocenters. The van der Waals surface area contributed by atoms with Crippen molar-refractivity contribution in [3.05, 3.63) is 116 Å². The molecule has 0 spiro atoms. The van der Waals surface area contributed by atoms with Crippen LogP contribution in [0.15, 0.2) is 70.3 Å². The van der Waals surface area contributed by atoms with E-state index in [-0.39, 0.29) is 29.7 Å². The van der Waals surface area contributed by atoms with Gasteiger partial charge in [-0.15, -0.1) is 5.10 Å². The molecule has 5 aromatic rings. The number of carbonyl (C=O) groups excluding carboxylic acids is 1. The third-order valence-electron chi connectivity index (χ3n) is 7.06. The number of hydrogen-bond donors (Lipinski definition) is 0. The fraction of sp³-hybridized carbons (Fsp3) is 0.226. The number of aromatic nitrogens is 4. The summed E-state index contributed by atoms with van der Waals surface area (Å²) in [5.41, 5.74) is -1.48. The van der Waals surface area contributed by atoms with Gasteiger partial charge in [0.25, 0.3) is 5.56 Å². The lowest BCUT2D eigenvalue weighted by Crippen LogP contribution is -2.40. The lowest BCUT2D eigenvalue weighted by Gasteiger charge is -2.15. The highest BCUT2D eigenvalue weighted by molar-refractivity contribution is 5.79. The molecule has 13 heteroatoms. The molecule has 2 heterocycles. The van der Waals surface area contributed by atoms with E-state index in [1.165, 1.54) is 43.2 Å². The van der Waals surface area contributed by atoms with Gasteiger partial charge >= 0.3 is 11.7 Å². The number of halogens is 3. The molecule has 2 aromatic heterocycles. The quantitative estimate of drug-likeness (QED) is 0.236. The number of carbonyl (C=O) groups is 1. The Hall–Kier alpha value is -5.17. The lowest BCUT2D eigenvalue weighted by molar-refractivity contribution is -0.139. The number of methoxy groups -OCH3 is 2. The topological polar surface area (TPSA) is 101 Å². The van der Waals surface area contributed by atoms with Crippen LogP contribution in [-0.2, 0) is 29.0 Å². The monoisotopic (exact) mass is 607 g/mol. The number of benzene rings is 3. The molecule has 0 saturated heterocycles. The van der Waals surface area contributed by atoms with Gasteiger partial charge in [0.1, 0.15) is 17.0 Å². The Morgan fingerprint density at radius 1 is 0.932 bits per heavy atom. The van der Waals surface area contributed by atoms with Gasteiger partial charge in [0, 0.05) is 12.1 Å². The molecule has 0 bridgehead atoms. The molecule has 0 radical (unpaired) electrons. The van der Waals surface area contributed by atoms with Crippen LogP contribution in [0, 0.1) is 17.5 Å². The predicted octanol–water partition coefficient (Wildman–Crippen LogP) is 3.59. The number of hydrogen-bond acceptors (Lipinski definition) is 7. The van der Waals surface area contributed by atoms with E-state index in [4.69, 9.17) is 9.47 Å². The average molecular weight is 608 g/mol. The van der Waals surface area contributed by atoms with Crippen molar-refractivity contribution in [3.8, 4) is 17.1 Å². The molecule has 0 atom stereocenters. The third kappa shape index (κ3) is 5.49. The Morgan fingerprint density at radius 2 is 1.59 bits per heavy atom. The van der Waals surface area contributed by atoms with Gasteiger partial charge in [-0.25, -0.2) is 27.2 Å². The van der Waals surface area contributed by atoms with E-state index >= 15 is 4.39 Å². The second-order valence-corrected chi connectivity index (χ2v) is 10.2. The van der Waals surface area contributed by atoms with Gasteiger partial charge in [0.05, 0.1) is 44.3 Å².